The number of hydrogen-bond acceptors (Lipinski definition) is 3. The molecule has 2 aliphatic rings. The Bertz CT molecular complexity index is 144. The molecule has 0 aliphatic carbocycles. The summed E-state index contributed by atoms with van der Waals surface area (Å²) < 4.78 is 0. The largest absolute Gasteiger partial charge is 0.328 e. The summed E-state index contributed by atoms with van der Waals surface area (Å²) >= 11 is 0. The van der Waals surface area contributed by atoms with E-state index >= 15 is 0 Å². The summed E-state index contributed by atoms with van der Waals surface area (Å²) in [5.41, 5.74) is 5.78. The van der Waals surface area contributed by atoms with E-state index in [4.69, 9.17) is 0 Å². The lowest BCUT2D eigenvalue weighted by Gasteiger charge is -1.93. The average molecular weight is 195 g/mol. The van der Waals surface area contributed by atoms with Crippen LogP contribution in [0.25, 0.3) is 0 Å². The van der Waals surface area contributed by atoms with Crippen LogP contribution in [-0.2, 0) is 0 Å². The van der Waals surface area contributed by atoms with Crippen molar-refractivity contribution in [1.29, 1.82) is 0 Å². The molecule has 2 aliphatic heterocycles. The minimum atomic E-state index is 0.896. The molecule has 0 spiro atoms. The molecule has 3 heteroatoms. The Balaban J connectivity index is 0.000000140. The van der Waals surface area contributed by atoms with E-state index in [1.165, 1.54) is 38.8 Å². The van der Waals surface area contributed by atoms with Crippen LogP contribution in [-0.4, -0.2) is 19.6 Å². The smallest absolute Gasteiger partial charge is 0.0331 e. The molecule has 3 nitrogen and oxygen atoms in total. The zero-order chi connectivity index (χ0) is 9.90. The van der Waals surface area contributed by atoms with Gasteiger partial charge >= 0.3 is 0 Å². The highest BCUT2D eigenvalue weighted by Crippen LogP contribution is 2.00. The Morgan fingerprint density at radius 2 is 1.64 bits per heavy atom. The molecule has 0 aromatic heterocycles. The van der Waals surface area contributed by atoms with Crippen molar-refractivity contribution in [3.8, 4) is 0 Å². The SMILES string of the molecule is C1=CCNNC=C1.C1CCCNCC1. The van der Waals surface area contributed by atoms with Crippen molar-refractivity contribution in [2.45, 2.75) is 25.7 Å². The summed E-state index contributed by atoms with van der Waals surface area (Å²) in [6.45, 7) is 3.40. The van der Waals surface area contributed by atoms with Crippen LogP contribution in [0.5, 0.6) is 0 Å². The number of rotatable bonds is 0. The lowest BCUT2D eigenvalue weighted by molar-refractivity contribution is 0.687. The van der Waals surface area contributed by atoms with Gasteiger partial charge in [-0.15, -0.1) is 0 Å². The minimum Gasteiger partial charge on any atom is -0.328 e. The third-order valence-electron chi connectivity index (χ3n) is 2.21. The van der Waals surface area contributed by atoms with Crippen molar-refractivity contribution in [2.24, 2.45) is 0 Å². The summed E-state index contributed by atoms with van der Waals surface area (Å²) in [5.74, 6) is 0. The predicted octanol–water partition coefficient (Wildman–Crippen LogP) is 1.31. The minimum absolute atomic E-state index is 0.896. The first-order chi connectivity index (χ1) is 7.00. The standard InChI is InChI=1S/C6H13N.C5H8N2/c2*1-2-4-6-7-5-3-1/h7H,1-6H2;1-4,6-7H,5H2. The fourth-order valence-corrected chi connectivity index (χ4v) is 1.41. The first-order valence-corrected chi connectivity index (χ1v) is 5.51. The third-order valence-corrected chi connectivity index (χ3v) is 2.21. The maximum Gasteiger partial charge on any atom is 0.0331 e. The zero-order valence-electron chi connectivity index (χ0n) is 8.76. The quantitative estimate of drug-likeness (QED) is 0.545. The lowest BCUT2D eigenvalue weighted by Crippen LogP contribution is -2.25. The Morgan fingerprint density at radius 1 is 0.857 bits per heavy atom. The fraction of sp³-hybridized carbons (Fsp3) is 0.636. The van der Waals surface area contributed by atoms with E-state index in [2.05, 4.69) is 16.2 Å². The van der Waals surface area contributed by atoms with E-state index < -0.39 is 0 Å². The zero-order valence-corrected chi connectivity index (χ0v) is 8.76. The van der Waals surface area contributed by atoms with Gasteiger partial charge in [0.1, 0.15) is 0 Å². The van der Waals surface area contributed by atoms with E-state index in [0.717, 1.165) is 6.54 Å². The number of hydrogen-bond donors (Lipinski definition) is 3. The molecule has 0 atom stereocenters. The molecule has 2 heterocycles. The molecule has 80 valence electrons. The molecule has 0 bridgehead atoms. The maximum atomic E-state index is 3.35. The molecular weight excluding hydrogens is 174 g/mol. The summed E-state index contributed by atoms with van der Waals surface area (Å²) in [6, 6.07) is 0. The van der Waals surface area contributed by atoms with Gasteiger partial charge < -0.3 is 10.7 Å². The van der Waals surface area contributed by atoms with Gasteiger partial charge in [-0.2, -0.15) is 0 Å². The topological polar surface area (TPSA) is 36.1 Å². The van der Waals surface area contributed by atoms with Crippen LogP contribution in [0.4, 0.5) is 0 Å². The van der Waals surface area contributed by atoms with Crippen LogP contribution in [0.3, 0.4) is 0 Å². The van der Waals surface area contributed by atoms with Gasteiger partial charge in [-0.3, -0.25) is 0 Å². The van der Waals surface area contributed by atoms with Gasteiger partial charge in [0.05, 0.1) is 0 Å². The molecule has 1 saturated heterocycles. The monoisotopic (exact) mass is 195 g/mol. The summed E-state index contributed by atoms with van der Waals surface area (Å²) in [7, 11) is 0. The van der Waals surface area contributed by atoms with Crippen LogP contribution in [0.1, 0.15) is 25.7 Å². The van der Waals surface area contributed by atoms with Gasteiger partial charge in [-0.05, 0) is 32.0 Å². The van der Waals surface area contributed by atoms with Gasteiger partial charge in [0.25, 0.3) is 0 Å². The van der Waals surface area contributed by atoms with Gasteiger partial charge in [-0.25, -0.2) is 5.43 Å². The molecule has 0 unspecified atom stereocenters. The van der Waals surface area contributed by atoms with Gasteiger partial charge in [0.15, 0.2) is 0 Å². The number of nitrogens with one attached hydrogen (secondary N) is 3. The second kappa shape index (κ2) is 8.78. The molecule has 0 radical (unpaired) electrons. The van der Waals surface area contributed by atoms with Crippen LogP contribution < -0.4 is 16.2 Å². The molecule has 3 N–H and O–H groups in total. The Labute approximate surface area is 86.6 Å². The van der Waals surface area contributed by atoms with Gasteiger partial charge in [-0.1, -0.05) is 25.0 Å². The van der Waals surface area contributed by atoms with Crippen LogP contribution in [0.2, 0.25) is 0 Å². The molecule has 14 heavy (non-hydrogen) atoms. The highest BCUT2D eigenvalue weighted by Gasteiger charge is 1.94. The lowest BCUT2D eigenvalue weighted by atomic mass is 10.2. The fourth-order valence-electron chi connectivity index (χ4n) is 1.41. The maximum absolute atomic E-state index is 3.35. The normalized spacial score (nSPS) is 21.1. The Hall–Kier alpha value is -0.800. The molecule has 0 aromatic carbocycles. The van der Waals surface area contributed by atoms with Crippen molar-refractivity contribution >= 4 is 0 Å². The molecule has 0 amide bonds. The molecular formula is C11H21N3. The molecule has 0 aromatic rings. The molecule has 0 saturated carbocycles. The Kier molecular flexibility index (Phi) is 7.07. The van der Waals surface area contributed by atoms with Gasteiger partial charge in [0.2, 0.25) is 0 Å². The average Bonchev–Trinajstić information content (AvgIpc) is 2.68. The highest BCUT2D eigenvalue weighted by molar-refractivity contribution is 5.03. The molecule has 2 rings (SSSR count). The van der Waals surface area contributed by atoms with Crippen molar-refractivity contribution in [2.75, 3.05) is 19.6 Å². The van der Waals surface area contributed by atoms with E-state index in [9.17, 15) is 0 Å². The molecule has 1 fully saturated rings. The van der Waals surface area contributed by atoms with Crippen molar-refractivity contribution in [1.82, 2.24) is 16.2 Å². The second-order valence-corrected chi connectivity index (χ2v) is 3.48. The van der Waals surface area contributed by atoms with Crippen LogP contribution in [0, 0.1) is 0 Å². The first-order valence-electron chi connectivity index (χ1n) is 5.51. The van der Waals surface area contributed by atoms with Crippen LogP contribution >= 0.6 is 0 Å². The van der Waals surface area contributed by atoms with Crippen molar-refractivity contribution < 1.29 is 0 Å². The number of allylic oxidation sites excluding steroid dienone is 2. The van der Waals surface area contributed by atoms with E-state index in [-0.39, 0.29) is 0 Å². The van der Waals surface area contributed by atoms with E-state index in [1.807, 2.05) is 24.4 Å². The van der Waals surface area contributed by atoms with Crippen LogP contribution in [0.15, 0.2) is 24.4 Å². The predicted molar refractivity (Wildman–Crippen MR) is 60.8 cm³/mol. The number of hydrazine groups is 1. The summed E-state index contributed by atoms with van der Waals surface area (Å²) in [4.78, 5) is 0. The second-order valence-electron chi connectivity index (χ2n) is 3.48. The van der Waals surface area contributed by atoms with E-state index in [0.29, 0.717) is 0 Å². The van der Waals surface area contributed by atoms with E-state index in [1.54, 1.807) is 0 Å². The van der Waals surface area contributed by atoms with Gasteiger partial charge in [0, 0.05) is 12.7 Å². The Morgan fingerprint density at radius 3 is 2.43 bits per heavy atom. The van der Waals surface area contributed by atoms with Crippen molar-refractivity contribution in [3.05, 3.63) is 24.4 Å². The first kappa shape index (κ1) is 11.3. The third kappa shape index (κ3) is 6.69. The van der Waals surface area contributed by atoms with Crippen molar-refractivity contribution in [3.63, 3.8) is 0 Å². The highest BCUT2D eigenvalue weighted by atomic mass is 15.3. The summed E-state index contributed by atoms with van der Waals surface area (Å²) in [6.07, 6.45) is 13.5. The summed E-state index contributed by atoms with van der Waals surface area (Å²) in [5, 5.41) is 3.35.